The molecule has 0 aromatic heterocycles. The van der Waals surface area contributed by atoms with Crippen LogP contribution in [0.4, 0.5) is 0 Å². The van der Waals surface area contributed by atoms with Gasteiger partial charge in [0.15, 0.2) is 0 Å². The SMILES string of the molecule is Clc1cccc(Cc2cccc(Br)c2)c1. The van der Waals surface area contributed by atoms with Gasteiger partial charge >= 0.3 is 0 Å². The van der Waals surface area contributed by atoms with Crippen LogP contribution in [-0.2, 0) is 6.42 Å². The van der Waals surface area contributed by atoms with Crippen LogP contribution in [0.25, 0.3) is 0 Å². The van der Waals surface area contributed by atoms with Crippen LogP contribution in [0.5, 0.6) is 0 Å². The monoisotopic (exact) mass is 280 g/mol. The van der Waals surface area contributed by atoms with Gasteiger partial charge in [0, 0.05) is 9.50 Å². The minimum atomic E-state index is 0.794. The Bertz CT molecular complexity index is 422. The van der Waals surface area contributed by atoms with Crippen LogP contribution in [0.2, 0.25) is 5.02 Å². The number of hydrogen-bond donors (Lipinski definition) is 0. The molecule has 0 N–H and O–H groups in total. The highest BCUT2D eigenvalue weighted by Gasteiger charge is 1.97. The number of halogens is 2. The fourth-order valence-electron chi connectivity index (χ4n) is 1.53. The van der Waals surface area contributed by atoms with Crippen molar-refractivity contribution >= 4 is 27.5 Å². The Morgan fingerprint density at radius 2 is 1.60 bits per heavy atom. The van der Waals surface area contributed by atoms with Crippen LogP contribution in [0.3, 0.4) is 0 Å². The maximum Gasteiger partial charge on any atom is 0.0408 e. The van der Waals surface area contributed by atoms with Gasteiger partial charge in [-0.05, 0) is 41.8 Å². The van der Waals surface area contributed by atoms with Gasteiger partial charge < -0.3 is 0 Å². The Morgan fingerprint density at radius 3 is 2.27 bits per heavy atom. The van der Waals surface area contributed by atoms with Gasteiger partial charge in [0.25, 0.3) is 0 Å². The Labute approximate surface area is 103 Å². The van der Waals surface area contributed by atoms with Gasteiger partial charge in [-0.1, -0.05) is 51.8 Å². The van der Waals surface area contributed by atoms with Gasteiger partial charge in [-0.25, -0.2) is 0 Å². The summed E-state index contributed by atoms with van der Waals surface area (Å²) in [6.07, 6.45) is 0.917. The molecule has 2 aromatic carbocycles. The first-order chi connectivity index (χ1) is 7.24. The molecule has 0 amide bonds. The van der Waals surface area contributed by atoms with Crippen molar-refractivity contribution in [1.82, 2.24) is 0 Å². The van der Waals surface area contributed by atoms with Crippen molar-refractivity contribution in [2.24, 2.45) is 0 Å². The molecule has 0 aliphatic rings. The second-order valence-electron chi connectivity index (χ2n) is 3.44. The molecule has 0 nitrogen and oxygen atoms in total. The second kappa shape index (κ2) is 4.82. The van der Waals surface area contributed by atoms with E-state index in [0.29, 0.717) is 0 Å². The molecule has 0 radical (unpaired) electrons. The van der Waals surface area contributed by atoms with Crippen molar-refractivity contribution in [3.05, 3.63) is 69.2 Å². The van der Waals surface area contributed by atoms with E-state index < -0.39 is 0 Å². The van der Waals surface area contributed by atoms with Crippen LogP contribution < -0.4 is 0 Å². The van der Waals surface area contributed by atoms with E-state index in [-0.39, 0.29) is 0 Å². The van der Waals surface area contributed by atoms with Crippen LogP contribution in [-0.4, -0.2) is 0 Å². The van der Waals surface area contributed by atoms with Crippen molar-refractivity contribution in [3.63, 3.8) is 0 Å². The summed E-state index contributed by atoms with van der Waals surface area (Å²) in [5.74, 6) is 0. The van der Waals surface area contributed by atoms with E-state index in [1.807, 2.05) is 30.3 Å². The normalized spacial score (nSPS) is 10.3. The van der Waals surface area contributed by atoms with Crippen molar-refractivity contribution in [2.45, 2.75) is 6.42 Å². The highest BCUT2D eigenvalue weighted by atomic mass is 79.9. The zero-order chi connectivity index (χ0) is 10.7. The van der Waals surface area contributed by atoms with Crippen LogP contribution in [0.15, 0.2) is 53.0 Å². The molecule has 76 valence electrons. The summed E-state index contributed by atoms with van der Waals surface area (Å²) in [7, 11) is 0. The molecule has 0 unspecified atom stereocenters. The first-order valence-electron chi connectivity index (χ1n) is 4.73. The molecule has 0 heterocycles. The quantitative estimate of drug-likeness (QED) is 0.749. The van der Waals surface area contributed by atoms with Crippen molar-refractivity contribution < 1.29 is 0 Å². The lowest BCUT2D eigenvalue weighted by Crippen LogP contribution is -1.87. The maximum atomic E-state index is 5.93. The van der Waals surface area contributed by atoms with Gasteiger partial charge in [-0.15, -0.1) is 0 Å². The van der Waals surface area contributed by atoms with Crippen molar-refractivity contribution in [2.75, 3.05) is 0 Å². The average Bonchev–Trinajstić information content (AvgIpc) is 2.17. The first kappa shape index (κ1) is 10.7. The molecule has 0 aliphatic heterocycles. The predicted molar refractivity (Wildman–Crippen MR) is 68.4 cm³/mol. The summed E-state index contributed by atoms with van der Waals surface area (Å²) in [6.45, 7) is 0. The fraction of sp³-hybridized carbons (Fsp3) is 0.0769. The summed E-state index contributed by atoms with van der Waals surface area (Å²) in [6, 6.07) is 16.3. The Hall–Kier alpha value is -0.790. The largest absolute Gasteiger partial charge is 0.0843 e. The topological polar surface area (TPSA) is 0 Å². The van der Waals surface area contributed by atoms with E-state index in [0.717, 1.165) is 15.9 Å². The lowest BCUT2D eigenvalue weighted by molar-refractivity contribution is 1.19. The van der Waals surface area contributed by atoms with E-state index in [9.17, 15) is 0 Å². The van der Waals surface area contributed by atoms with Crippen LogP contribution >= 0.6 is 27.5 Å². The number of hydrogen-bond acceptors (Lipinski definition) is 0. The minimum Gasteiger partial charge on any atom is -0.0843 e. The summed E-state index contributed by atoms with van der Waals surface area (Å²) in [5, 5.41) is 0.794. The lowest BCUT2D eigenvalue weighted by atomic mass is 10.1. The van der Waals surface area contributed by atoms with Gasteiger partial charge in [0.1, 0.15) is 0 Å². The first-order valence-corrected chi connectivity index (χ1v) is 5.90. The number of benzene rings is 2. The van der Waals surface area contributed by atoms with Crippen LogP contribution in [0, 0.1) is 0 Å². The Balaban J connectivity index is 2.22. The maximum absolute atomic E-state index is 5.93. The molecule has 0 saturated carbocycles. The van der Waals surface area contributed by atoms with Crippen molar-refractivity contribution in [3.8, 4) is 0 Å². The summed E-state index contributed by atoms with van der Waals surface area (Å²) >= 11 is 9.40. The third-order valence-corrected chi connectivity index (χ3v) is 2.91. The van der Waals surface area contributed by atoms with E-state index in [4.69, 9.17) is 11.6 Å². The second-order valence-corrected chi connectivity index (χ2v) is 4.79. The van der Waals surface area contributed by atoms with E-state index in [2.05, 4.69) is 34.1 Å². The molecule has 0 bridgehead atoms. The van der Waals surface area contributed by atoms with E-state index >= 15 is 0 Å². The zero-order valence-electron chi connectivity index (χ0n) is 8.08. The molecule has 0 spiro atoms. The standard InChI is InChI=1S/C13H10BrCl/c14-12-5-1-3-10(8-12)7-11-4-2-6-13(15)9-11/h1-6,8-9H,7H2. The third kappa shape index (κ3) is 3.08. The highest BCUT2D eigenvalue weighted by Crippen LogP contribution is 2.17. The predicted octanol–water partition coefficient (Wildman–Crippen LogP) is 4.69. The molecule has 0 aliphatic carbocycles. The fourth-order valence-corrected chi connectivity index (χ4v) is 2.19. The Morgan fingerprint density at radius 1 is 0.933 bits per heavy atom. The van der Waals surface area contributed by atoms with Crippen LogP contribution in [0.1, 0.15) is 11.1 Å². The summed E-state index contributed by atoms with van der Waals surface area (Å²) < 4.78 is 1.11. The molecule has 0 atom stereocenters. The van der Waals surface area contributed by atoms with Gasteiger partial charge in [-0.2, -0.15) is 0 Å². The summed E-state index contributed by atoms with van der Waals surface area (Å²) in [4.78, 5) is 0. The van der Waals surface area contributed by atoms with E-state index in [1.165, 1.54) is 11.1 Å². The summed E-state index contributed by atoms with van der Waals surface area (Å²) in [5.41, 5.74) is 2.52. The molecule has 2 heteroatoms. The molecule has 0 fully saturated rings. The number of rotatable bonds is 2. The highest BCUT2D eigenvalue weighted by molar-refractivity contribution is 9.10. The zero-order valence-corrected chi connectivity index (χ0v) is 10.4. The average molecular weight is 282 g/mol. The molecule has 2 rings (SSSR count). The van der Waals surface area contributed by atoms with Crippen molar-refractivity contribution in [1.29, 1.82) is 0 Å². The molecule has 15 heavy (non-hydrogen) atoms. The van der Waals surface area contributed by atoms with E-state index in [1.54, 1.807) is 0 Å². The molecule has 0 saturated heterocycles. The molecular weight excluding hydrogens is 272 g/mol. The molecule has 2 aromatic rings. The smallest absolute Gasteiger partial charge is 0.0408 e. The lowest BCUT2D eigenvalue weighted by Gasteiger charge is -2.02. The molecular formula is C13H10BrCl. The van der Waals surface area contributed by atoms with Gasteiger partial charge in [0.2, 0.25) is 0 Å². The van der Waals surface area contributed by atoms with Gasteiger partial charge in [0.05, 0.1) is 0 Å². The van der Waals surface area contributed by atoms with Gasteiger partial charge in [-0.3, -0.25) is 0 Å². The minimum absolute atomic E-state index is 0.794. The third-order valence-electron chi connectivity index (χ3n) is 2.19. The Kier molecular flexibility index (Phi) is 3.45.